The zero-order valence-corrected chi connectivity index (χ0v) is 15.8. The van der Waals surface area contributed by atoms with Gasteiger partial charge in [-0.05, 0) is 55.7 Å². The molecule has 0 unspecified atom stereocenters. The van der Waals surface area contributed by atoms with Crippen LogP contribution in [0.3, 0.4) is 0 Å². The van der Waals surface area contributed by atoms with Crippen LogP contribution in [0.15, 0.2) is 40.8 Å². The van der Waals surface area contributed by atoms with Crippen molar-refractivity contribution in [1.82, 2.24) is 14.7 Å². The molecule has 2 aromatic rings. The Morgan fingerprint density at radius 1 is 0.750 bits per heavy atom. The van der Waals surface area contributed by atoms with Crippen LogP contribution >= 0.6 is 0 Å². The highest BCUT2D eigenvalue weighted by atomic mass is 19.1. The second kappa shape index (κ2) is 8.04. The van der Waals surface area contributed by atoms with Gasteiger partial charge in [-0.3, -0.25) is 4.79 Å². The van der Waals surface area contributed by atoms with Gasteiger partial charge in [0.15, 0.2) is 5.76 Å². The molecule has 28 heavy (non-hydrogen) atoms. The third-order valence-electron chi connectivity index (χ3n) is 5.41. The van der Waals surface area contributed by atoms with Gasteiger partial charge < -0.3 is 19.1 Å². The second-order valence-electron chi connectivity index (χ2n) is 7.28. The van der Waals surface area contributed by atoms with E-state index in [9.17, 15) is 14.0 Å². The zero-order valence-electron chi connectivity index (χ0n) is 15.8. The van der Waals surface area contributed by atoms with Crippen LogP contribution in [0.2, 0.25) is 0 Å². The lowest BCUT2D eigenvalue weighted by molar-refractivity contribution is 0.0605. The Labute approximate surface area is 163 Å². The number of piperidine rings is 1. The highest BCUT2D eigenvalue weighted by molar-refractivity contribution is 5.92. The van der Waals surface area contributed by atoms with Gasteiger partial charge >= 0.3 is 6.03 Å². The highest BCUT2D eigenvalue weighted by Gasteiger charge is 2.29. The maximum Gasteiger partial charge on any atom is 0.320 e. The van der Waals surface area contributed by atoms with Crippen LogP contribution in [0.1, 0.15) is 29.8 Å². The maximum absolute atomic E-state index is 13.1. The van der Waals surface area contributed by atoms with Crippen molar-refractivity contribution >= 4 is 11.9 Å². The van der Waals surface area contributed by atoms with Gasteiger partial charge in [0.05, 0.1) is 0 Å². The molecule has 1 aromatic heterocycles. The summed E-state index contributed by atoms with van der Waals surface area (Å²) in [5.41, 5.74) is 0.720. The zero-order chi connectivity index (χ0) is 19.5. The number of nitrogens with zero attached hydrogens (tertiary/aromatic N) is 3. The van der Waals surface area contributed by atoms with E-state index in [1.807, 2.05) is 9.80 Å². The summed E-state index contributed by atoms with van der Waals surface area (Å²) in [5, 5.41) is 0. The number of piperazine rings is 1. The minimum absolute atomic E-state index is 0.0865. The molecule has 4 rings (SSSR count). The third kappa shape index (κ3) is 3.88. The van der Waals surface area contributed by atoms with Crippen LogP contribution in [0.25, 0.3) is 11.3 Å². The topological polar surface area (TPSA) is 57.0 Å². The number of halogens is 1. The van der Waals surface area contributed by atoms with Gasteiger partial charge in [-0.25, -0.2) is 9.18 Å². The Morgan fingerprint density at radius 3 is 2.04 bits per heavy atom. The number of carbonyl (C=O) groups is 2. The van der Waals surface area contributed by atoms with Crippen molar-refractivity contribution in [3.8, 4) is 11.3 Å². The number of benzene rings is 1. The summed E-state index contributed by atoms with van der Waals surface area (Å²) in [6, 6.07) is 9.41. The number of likely N-dealkylation sites (tertiary alicyclic amines) is 1. The quantitative estimate of drug-likeness (QED) is 0.796. The Kier molecular flexibility index (Phi) is 5.32. The number of hydrogen-bond donors (Lipinski definition) is 0. The Bertz CT molecular complexity index is 835. The van der Waals surface area contributed by atoms with Gasteiger partial charge in [-0.2, -0.15) is 0 Å². The molecule has 1 aromatic carbocycles. The fourth-order valence-corrected chi connectivity index (χ4v) is 3.76. The summed E-state index contributed by atoms with van der Waals surface area (Å²) in [5.74, 6) is 0.291. The van der Waals surface area contributed by atoms with Crippen LogP contribution in [0.4, 0.5) is 9.18 Å². The molecule has 2 fully saturated rings. The van der Waals surface area contributed by atoms with Crippen molar-refractivity contribution < 1.29 is 18.4 Å². The normalized spacial score (nSPS) is 17.7. The van der Waals surface area contributed by atoms with E-state index >= 15 is 0 Å². The van der Waals surface area contributed by atoms with Gasteiger partial charge in [0.25, 0.3) is 5.91 Å². The number of amides is 3. The molecule has 0 saturated carbocycles. The van der Waals surface area contributed by atoms with E-state index in [4.69, 9.17) is 4.42 Å². The summed E-state index contributed by atoms with van der Waals surface area (Å²) in [6.07, 6.45) is 3.33. The second-order valence-corrected chi connectivity index (χ2v) is 7.28. The Morgan fingerprint density at radius 2 is 1.36 bits per heavy atom. The van der Waals surface area contributed by atoms with E-state index in [2.05, 4.69) is 0 Å². The fraction of sp³-hybridized carbons (Fsp3) is 0.429. The average molecular weight is 385 g/mol. The highest BCUT2D eigenvalue weighted by Crippen LogP contribution is 2.23. The molecular weight excluding hydrogens is 361 g/mol. The summed E-state index contributed by atoms with van der Waals surface area (Å²) in [7, 11) is 0. The molecule has 6 nitrogen and oxygen atoms in total. The smallest absolute Gasteiger partial charge is 0.320 e. The molecule has 3 amide bonds. The predicted molar refractivity (Wildman–Crippen MR) is 102 cm³/mol. The van der Waals surface area contributed by atoms with E-state index in [1.54, 1.807) is 29.2 Å². The SMILES string of the molecule is O=C(c1ccc(-c2ccc(F)cc2)o1)N1CCN(C(=O)N2CCCCC2)CC1. The summed E-state index contributed by atoms with van der Waals surface area (Å²) < 4.78 is 18.8. The average Bonchev–Trinajstić information content (AvgIpc) is 3.24. The van der Waals surface area contributed by atoms with Crippen LogP contribution in [0.5, 0.6) is 0 Å². The van der Waals surface area contributed by atoms with E-state index in [1.165, 1.54) is 18.6 Å². The number of hydrogen-bond acceptors (Lipinski definition) is 3. The van der Waals surface area contributed by atoms with Crippen molar-refractivity contribution in [2.75, 3.05) is 39.3 Å². The van der Waals surface area contributed by atoms with Crippen LogP contribution < -0.4 is 0 Å². The molecule has 0 bridgehead atoms. The molecule has 148 valence electrons. The van der Waals surface area contributed by atoms with E-state index in [-0.39, 0.29) is 23.5 Å². The fourth-order valence-electron chi connectivity index (χ4n) is 3.76. The standard InChI is InChI=1S/C21H24FN3O3/c22-17-6-4-16(5-7-17)18-8-9-19(28-18)20(26)23-12-14-25(15-13-23)21(27)24-10-2-1-3-11-24/h4-9H,1-3,10-15H2. The summed E-state index contributed by atoms with van der Waals surface area (Å²) >= 11 is 0. The van der Waals surface area contributed by atoms with Crippen molar-refractivity contribution in [2.45, 2.75) is 19.3 Å². The molecule has 0 spiro atoms. The van der Waals surface area contributed by atoms with E-state index in [0.717, 1.165) is 31.5 Å². The van der Waals surface area contributed by atoms with E-state index in [0.29, 0.717) is 31.9 Å². The number of furan rings is 1. The van der Waals surface area contributed by atoms with Crippen molar-refractivity contribution in [3.63, 3.8) is 0 Å². The lowest BCUT2D eigenvalue weighted by Gasteiger charge is -2.38. The van der Waals surface area contributed by atoms with Gasteiger partial charge in [0.1, 0.15) is 11.6 Å². The first-order valence-corrected chi connectivity index (χ1v) is 9.81. The largest absolute Gasteiger partial charge is 0.451 e. The van der Waals surface area contributed by atoms with Crippen molar-refractivity contribution in [3.05, 3.63) is 48.0 Å². The molecular formula is C21H24FN3O3. The molecule has 0 N–H and O–H groups in total. The van der Waals surface area contributed by atoms with Crippen LogP contribution in [-0.4, -0.2) is 65.9 Å². The Balaban J connectivity index is 1.35. The van der Waals surface area contributed by atoms with Gasteiger partial charge in [-0.15, -0.1) is 0 Å². The molecule has 0 atom stereocenters. The molecule has 2 saturated heterocycles. The van der Waals surface area contributed by atoms with Gasteiger partial charge in [-0.1, -0.05) is 0 Å². The summed E-state index contributed by atoms with van der Waals surface area (Å²) in [4.78, 5) is 30.8. The molecule has 3 heterocycles. The minimum atomic E-state index is -0.316. The maximum atomic E-state index is 13.1. The minimum Gasteiger partial charge on any atom is -0.451 e. The first-order valence-electron chi connectivity index (χ1n) is 9.81. The lowest BCUT2D eigenvalue weighted by Crippen LogP contribution is -2.54. The molecule has 0 aliphatic carbocycles. The monoisotopic (exact) mass is 385 g/mol. The third-order valence-corrected chi connectivity index (χ3v) is 5.41. The van der Waals surface area contributed by atoms with Gasteiger partial charge in [0.2, 0.25) is 0 Å². The first kappa shape index (κ1) is 18.5. The van der Waals surface area contributed by atoms with Crippen molar-refractivity contribution in [2.24, 2.45) is 0 Å². The molecule has 2 aliphatic rings. The van der Waals surface area contributed by atoms with Crippen molar-refractivity contribution in [1.29, 1.82) is 0 Å². The summed E-state index contributed by atoms with van der Waals surface area (Å²) in [6.45, 7) is 3.71. The number of urea groups is 1. The number of rotatable bonds is 2. The molecule has 7 heteroatoms. The van der Waals surface area contributed by atoms with Gasteiger partial charge in [0, 0.05) is 44.8 Å². The lowest BCUT2D eigenvalue weighted by atomic mass is 10.1. The van der Waals surface area contributed by atoms with Crippen LogP contribution in [-0.2, 0) is 0 Å². The Hall–Kier alpha value is -2.83. The molecule has 2 aliphatic heterocycles. The van der Waals surface area contributed by atoms with E-state index < -0.39 is 0 Å². The first-order chi connectivity index (χ1) is 13.6. The predicted octanol–water partition coefficient (Wildman–Crippen LogP) is 3.45. The number of carbonyl (C=O) groups excluding carboxylic acids is 2. The molecule has 0 radical (unpaired) electrons. The van der Waals surface area contributed by atoms with Crippen LogP contribution in [0, 0.1) is 5.82 Å².